The van der Waals surface area contributed by atoms with Crippen LogP contribution in [0.1, 0.15) is 13.3 Å². The van der Waals surface area contributed by atoms with Crippen LogP contribution in [-0.2, 0) is 13.1 Å². The van der Waals surface area contributed by atoms with E-state index in [4.69, 9.17) is 11.6 Å². The third kappa shape index (κ3) is 1.85. The number of aryl methyl sites for hydroxylation is 2. The lowest BCUT2D eigenvalue weighted by molar-refractivity contribution is 0.565. The van der Waals surface area contributed by atoms with E-state index in [0.717, 1.165) is 6.42 Å². The fraction of sp³-hybridized carbons (Fsp3) is 0.833. The average molecular weight is 191 g/mol. The van der Waals surface area contributed by atoms with Crippen LogP contribution < -0.4 is 5.69 Å². The number of nitrogens with zero attached hydrogens (tertiary/aromatic N) is 4. The zero-order chi connectivity index (χ0) is 8.97. The molecule has 1 heterocycles. The maximum absolute atomic E-state index is 11.3. The zero-order valence-corrected chi connectivity index (χ0v) is 7.66. The normalized spacial score (nSPS) is 10.5. The molecule has 5 nitrogen and oxygen atoms in total. The summed E-state index contributed by atoms with van der Waals surface area (Å²) in [6, 6.07) is 0. The van der Waals surface area contributed by atoms with E-state index in [1.165, 1.54) is 9.36 Å². The monoisotopic (exact) mass is 190 g/mol. The van der Waals surface area contributed by atoms with Crippen molar-refractivity contribution in [2.45, 2.75) is 26.4 Å². The Balaban J connectivity index is 2.73. The van der Waals surface area contributed by atoms with Gasteiger partial charge in [-0.05, 0) is 23.8 Å². The van der Waals surface area contributed by atoms with E-state index in [1.807, 2.05) is 6.92 Å². The summed E-state index contributed by atoms with van der Waals surface area (Å²) in [6.45, 7) is 2.95. The summed E-state index contributed by atoms with van der Waals surface area (Å²) in [5.74, 6) is 0.533. The van der Waals surface area contributed by atoms with Crippen molar-refractivity contribution in [1.82, 2.24) is 19.8 Å². The predicted molar refractivity (Wildman–Crippen MR) is 45.3 cm³/mol. The summed E-state index contributed by atoms with van der Waals surface area (Å²) in [4.78, 5) is 11.3. The Morgan fingerprint density at radius 3 is 2.58 bits per heavy atom. The Bertz CT molecular complexity index is 292. The first-order chi connectivity index (χ1) is 5.79. The zero-order valence-electron chi connectivity index (χ0n) is 6.90. The number of aromatic nitrogens is 4. The van der Waals surface area contributed by atoms with Crippen molar-refractivity contribution >= 4 is 11.6 Å². The van der Waals surface area contributed by atoms with Gasteiger partial charge in [0.2, 0.25) is 0 Å². The maximum Gasteiger partial charge on any atom is 0.363 e. The van der Waals surface area contributed by atoms with Crippen molar-refractivity contribution in [2.75, 3.05) is 5.88 Å². The fourth-order valence-electron chi connectivity index (χ4n) is 0.855. The molecular formula is C6H11ClN4O. The number of alkyl halides is 1. The molecular weight excluding hydrogens is 180 g/mol. The summed E-state index contributed by atoms with van der Waals surface area (Å²) in [5, 5.41) is 7.34. The quantitative estimate of drug-likeness (QED) is 0.633. The molecule has 1 rings (SSSR count). The minimum absolute atomic E-state index is 0.164. The Kier molecular flexibility index (Phi) is 3.28. The number of tetrazole rings is 1. The SMILES string of the molecule is CCn1nnn(CCCCl)c1=O. The third-order valence-corrected chi connectivity index (χ3v) is 1.77. The van der Waals surface area contributed by atoms with Gasteiger partial charge in [0.1, 0.15) is 0 Å². The number of halogens is 1. The van der Waals surface area contributed by atoms with Crippen molar-refractivity contribution in [3.8, 4) is 0 Å². The van der Waals surface area contributed by atoms with Crippen LogP contribution in [0.2, 0.25) is 0 Å². The van der Waals surface area contributed by atoms with Gasteiger partial charge in [-0.1, -0.05) is 0 Å². The van der Waals surface area contributed by atoms with Gasteiger partial charge >= 0.3 is 5.69 Å². The lowest BCUT2D eigenvalue weighted by atomic mass is 10.5. The second-order valence-electron chi connectivity index (χ2n) is 2.34. The molecule has 0 N–H and O–H groups in total. The first-order valence-electron chi connectivity index (χ1n) is 3.86. The highest BCUT2D eigenvalue weighted by Crippen LogP contribution is 1.86. The summed E-state index contributed by atoms with van der Waals surface area (Å²) in [5.41, 5.74) is -0.164. The van der Waals surface area contributed by atoms with Crippen molar-refractivity contribution in [2.24, 2.45) is 0 Å². The Morgan fingerprint density at radius 1 is 1.42 bits per heavy atom. The van der Waals surface area contributed by atoms with Crippen LogP contribution >= 0.6 is 11.6 Å². The van der Waals surface area contributed by atoms with E-state index >= 15 is 0 Å². The van der Waals surface area contributed by atoms with E-state index < -0.39 is 0 Å². The first kappa shape index (κ1) is 9.25. The summed E-state index contributed by atoms with van der Waals surface area (Å²) in [7, 11) is 0. The minimum Gasteiger partial charge on any atom is -0.244 e. The van der Waals surface area contributed by atoms with E-state index in [9.17, 15) is 4.79 Å². The molecule has 0 spiro atoms. The summed E-state index contributed by atoms with van der Waals surface area (Å²) >= 11 is 5.47. The summed E-state index contributed by atoms with van der Waals surface area (Å²) in [6.07, 6.45) is 0.740. The van der Waals surface area contributed by atoms with Gasteiger partial charge < -0.3 is 0 Å². The maximum atomic E-state index is 11.3. The van der Waals surface area contributed by atoms with Crippen LogP contribution in [0.15, 0.2) is 4.79 Å². The Morgan fingerprint density at radius 2 is 2.08 bits per heavy atom. The molecule has 0 aliphatic rings. The largest absolute Gasteiger partial charge is 0.363 e. The summed E-state index contributed by atoms with van der Waals surface area (Å²) < 4.78 is 2.64. The fourth-order valence-corrected chi connectivity index (χ4v) is 0.974. The smallest absolute Gasteiger partial charge is 0.244 e. The molecule has 0 bridgehead atoms. The molecule has 0 saturated carbocycles. The van der Waals surface area contributed by atoms with E-state index in [1.54, 1.807) is 0 Å². The van der Waals surface area contributed by atoms with Gasteiger partial charge in [-0.3, -0.25) is 0 Å². The Hall–Kier alpha value is -0.840. The van der Waals surface area contributed by atoms with Crippen molar-refractivity contribution in [3.05, 3.63) is 10.5 Å². The topological polar surface area (TPSA) is 52.7 Å². The molecule has 1 aromatic rings. The molecule has 0 amide bonds. The standard InChI is InChI=1S/C6H11ClN4O/c1-2-10-6(12)11(9-8-10)5-3-4-7/h2-5H2,1H3. The van der Waals surface area contributed by atoms with E-state index in [-0.39, 0.29) is 5.69 Å². The van der Waals surface area contributed by atoms with Gasteiger partial charge in [0.05, 0.1) is 0 Å². The van der Waals surface area contributed by atoms with Crippen LogP contribution in [0.5, 0.6) is 0 Å². The predicted octanol–water partition coefficient (Wildman–Crippen LogP) is 0.0886. The highest BCUT2D eigenvalue weighted by atomic mass is 35.5. The van der Waals surface area contributed by atoms with Crippen molar-refractivity contribution in [3.63, 3.8) is 0 Å². The third-order valence-electron chi connectivity index (χ3n) is 1.50. The minimum atomic E-state index is -0.164. The van der Waals surface area contributed by atoms with Crippen molar-refractivity contribution < 1.29 is 0 Å². The van der Waals surface area contributed by atoms with Crippen LogP contribution in [-0.4, -0.2) is 25.7 Å². The highest BCUT2D eigenvalue weighted by molar-refractivity contribution is 6.17. The molecule has 0 radical (unpaired) electrons. The first-order valence-corrected chi connectivity index (χ1v) is 4.39. The average Bonchev–Trinajstić information content (AvgIpc) is 2.43. The van der Waals surface area contributed by atoms with Gasteiger partial charge in [-0.2, -0.15) is 9.36 Å². The van der Waals surface area contributed by atoms with Crippen LogP contribution in [0.4, 0.5) is 0 Å². The van der Waals surface area contributed by atoms with E-state index in [0.29, 0.717) is 19.0 Å². The molecule has 0 fully saturated rings. The lowest BCUT2D eigenvalue weighted by Crippen LogP contribution is -2.25. The molecule has 0 saturated heterocycles. The number of rotatable bonds is 4. The molecule has 1 aromatic heterocycles. The van der Waals surface area contributed by atoms with Gasteiger partial charge in [0.25, 0.3) is 0 Å². The lowest BCUT2D eigenvalue weighted by Gasteiger charge is -1.92. The molecule has 0 atom stereocenters. The molecule has 0 aromatic carbocycles. The van der Waals surface area contributed by atoms with E-state index in [2.05, 4.69) is 10.4 Å². The van der Waals surface area contributed by atoms with Gasteiger partial charge in [0.15, 0.2) is 0 Å². The molecule has 6 heteroatoms. The molecule has 0 aliphatic carbocycles. The molecule has 0 unspecified atom stereocenters. The van der Waals surface area contributed by atoms with Crippen molar-refractivity contribution in [1.29, 1.82) is 0 Å². The molecule has 0 aliphatic heterocycles. The van der Waals surface area contributed by atoms with Crippen LogP contribution in [0, 0.1) is 0 Å². The van der Waals surface area contributed by atoms with Crippen LogP contribution in [0.3, 0.4) is 0 Å². The van der Waals surface area contributed by atoms with Gasteiger partial charge in [-0.15, -0.1) is 11.6 Å². The molecule has 12 heavy (non-hydrogen) atoms. The van der Waals surface area contributed by atoms with Gasteiger partial charge in [-0.25, -0.2) is 4.79 Å². The number of hydrogen-bond donors (Lipinski definition) is 0. The number of hydrogen-bond acceptors (Lipinski definition) is 3. The second-order valence-corrected chi connectivity index (χ2v) is 2.72. The Labute approximate surface area is 74.9 Å². The van der Waals surface area contributed by atoms with Crippen LogP contribution in [0.25, 0.3) is 0 Å². The molecule has 68 valence electrons. The highest BCUT2D eigenvalue weighted by Gasteiger charge is 2.02. The second kappa shape index (κ2) is 4.25. The van der Waals surface area contributed by atoms with Gasteiger partial charge in [0, 0.05) is 19.0 Å².